The summed E-state index contributed by atoms with van der Waals surface area (Å²) in [6.45, 7) is 4.98. The topological polar surface area (TPSA) is 34.9 Å². The molecule has 0 aromatic carbocycles. The van der Waals surface area contributed by atoms with E-state index in [0.29, 0.717) is 6.42 Å². The van der Waals surface area contributed by atoms with Gasteiger partial charge in [-0.1, -0.05) is 6.92 Å². The molecule has 0 amide bonds. The molecule has 0 radical (unpaired) electrons. The smallest absolute Gasteiger partial charge is 0.180 e. The van der Waals surface area contributed by atoms with Crippen LogP contribution in [0.3, 0.4) is 0 Å². The van der Waals surface area contributed by atoms with Crippen LogP contribution in [0, 0.1) is 0 Å². The van der Waals surface area contributed by atoms with Crippen molar-refractivity contribution in [3.05, 3.63) is 40.1 Å². The van der Waals surface area contributed by atoms with E-state index in [1.54, 1.807) is 6.20 Å². The fourth-order valence-corrected chi connectivity index (χ4v) is 2.81. The molecule has 3 nitrogen and oxygen atoms in total. The maximum absolute atomic E-state index is 12.2. The van der Waals surface area contributed by atoms with Crippen molar-refractivity contribution in [2.45, 2.75) is 33.2 Å². The molecular weight excluding hydrogens is 232 g/mol. The number of hydrogen-bond acceptors (Lipinski definition) is 3. The third kappa shape index (κ3) is 2.47. The van der Waals surface area contributed by atoms with Crippen LogP contribution in [-0.2, 0) is 19.4 Å². The van der Waals surface area contributed by atoms with Crippen molar-refractivity contribution in [2.24, 2.45) is 0 Å². The number of rotatable bonds is 5. The molecule has 2 heterocycles. The zero-order valence-electron chi connectivity index (χ0n) is 10.1. The maximum Gasteiger partial charge on any atom is 0.180 e. The molecule has 90 valence electrons. The van der Waals surface area contributed by atoms with E-state index in [9.17, 15) is 4.79 Å². The highest BCUT2D eigenvalue weighted by Crippen LogP contribution is 2.19. The number of hydrogen-bond donors (Lipinski definition) is 0. The number of nitrogens with zero attached hydrogens (tertiary/aromatic N) is 2. The Labute approximate surface area is 105 Å². The van der Waals surface area contributed by atoms with E-state index < -0.39 is 0 Å². The molecule has 0 saturated carbocycles. The number of ketones is 1. The summed E-state index contributed by atoms with van der Waals surface area (Å²) in [5.41, 5.74) is 1.15. The summed E-state index contributed by atoms with van der Waals surface area (Å²) >= 11 is 1.53. The Balaban J connectivity index is 2.17. The van der Waals surface area contributed by atoms with Gasteiger partial charge in [0, 0.05) is 18.9 Å². The Morgan fingerprint density at radius 3 is 3.00 bits per heavy atom. The van der Waals surface area contributed by atoms with Crippen molar-refractivity contribution in [1.29, 1.82) is 0 Å². The minimum atomic E-state index is 0.178. The second kappa shape index (κ2) is 5.27. The predicted octanol–water partition coefficient (Wildman–Crippen LogP) is 2.95. The van der Waals surface area contributed by atoms with E-state index in [1.807, 2.05) is 22.2 Å². The lowest BCUT2D eigenvalue weighted by Crippen LogP contribution is -2.09. The fourth-order valence-electron chi connectivity index (χ4n) is 1.88. The van der Waals surface area contributed by atoms with Crippen LogP contribution >= 0.6 is 11.3 Å². The minimum absolute atomic E-state index is 0.178. The number of thiophene rings is 1. The highest BCUT2D eigenvalue weighted by Gasteiger charge is 2.15. The first-order chi connectivity index (χ1) is 8.26. The van der Waals surface area contributed by atoms with Gasteiger partial charge in [0.05, 0.1) is 11.3 Å². The van der Waals surface area contributed by atoms with E-state index in [0.717, 1.165) is 29.2 Å². The molecular formula is C13H16N2OS. The van der Waals surface area contributed by atoms with Gasteiger partial charge in [0.15, 0.2) is 5.78 Å². The highest BCUT2D eigenvalue weighted by molar-refractivity contribution is 7.12. The summed E-state index contributed by atoms with van der Waals surface area (Å²) in [6.07, 6.45) is 4.97. The maximum atomic E-state index is 12.2. The van der Waals surface area contributed by atoms with Gasteiger partial charge in [-0.25, -0.2) is 4.98 Å². The number of aryl methyl sites for hydroxylation is 2. The SMILES string of the molecule is CCc1ccsc1C(=O)Cc1nccn1CC. The van der Waals surface area contributed by atoms with Gasteiger partial charge in [0.25, 0.3) is 0 Å². The molecule has 2 aromatic rings. The Morgan fingerprint density at radius 1 is 1.47 bits per heavy atom. The van der Waals surface area contributed by atoms with Gasteiger partial charge in [0.2, 0.25) is 0 Å². The molecule has 0 spiro atoms. The number of carbonyl (C=O) groups is 1. The van der Waals surface area contributed by atoms with E-state index in [-0.39, 0.29) is 5.78 Å². The summed E-state index contributed by atoms with van der Waals surface area (Å²) in [4.78, 5) is 17.3. The van der Waals surface area contributed by atoms with Crippen LogP contribution in [-0.4, -0.2) is 15.3 Å². The van der Waals surface area contributed by atoms with Crippen molar-refractivity contribution in [2.75, 3.05) is 0 Å². The van der Waals surface area contributed by atoms with E-state index in [2.05, 4.69) is 18.8 Å². The van der Waals surface area contributed by atoms with Gasteiger partial charge < -0.3 is 4.57 Å². The number of aromatic nitrogens is 2. The quantitative estimate of drug-likeness (QED) is 0.762. The summed E-state index contributed by atoms with van der Waals surface area (Å²) in [7, 11) is 0. The Morgan fingerprint density at radius 2 is 2.29 bits per heavy atom. The molecule has 0 aliphatic heterocycles. The Bertz CT molecular complexity index is 513. The predicted molar refractivity (Wildman–Crippen MR) is 69.6 cm³/mol. The normalized spacial score (nSPS) is 10.7. The highest BCUT2D eigenvalue weighted by atomic mass is 32.1. The molecule has 0 atom stereocenters. The standard InChI is InChI=1S/C13H16N2OS/c1-3-10-5-8-17-13(10)11(16)9-12-14-6-7-15(12)4-2/h5-8H,3-4,9H2,1-2H3. The second-order valence-electron chi connectivity index (χ2n) is 3.86. The molecule has 0 saturated heterocycles. The largest absolute Gasteiger partial charge is 0.335 e. The van der Waals surface area contributed by atoms with Crippen LogP contribution < -0.4 is 0 Å². The molecule has 2 aromatic heterocycles. The lowest BCUT2D eigenvalue weighted by Gasteiger charge is -2.04. The van der Waals surface area contributed by atoms with Gasteiger partial charge in [-0.2, -0.15) is 0 Å². The zero-order valence-corrected chi connectivity index (χ0v) is 11.0. The van der Waals surface area contributed by atoms with Crippen LogP contribution in [0.15, 0.2) is 23.8 Å². The molecule has 0 bridgehead atoms. The number of imidazole rings is 1. The van der Waals surface area contributed by atoms with Crippen molar-refractivity contribution in [3.63, 3.8) is 0 Å². The summed E-state index contributed by atoms with van der Waals surface area (Å²) in [5, 5.41) is 1.98. The van der Waals surface area contributed by atoms with Crippen molar-refractivity contribution < 1.29 is 4.79 Å². The van der Waals surface area contributed by atoms with Crippen molar-refractivity contribution in [1.82, 2.24) is 9.55 Å². The number of Topliss-reactive ketones (excluding diaryl/α,β-unsaturated/α-hetero) is 1. The third-order valence-electron chi connectivity index (χ3n) is 2.84. The molecule has 0 aliphatic rings. The Hall–Kier alpha value is -1.42. The van der Waals surface area contributed by atoms with E-state index in [4.69, 9.17) is 0 Å². The summed E-state index contributed by atoms with van der Waals surface area (Å²) < 4.78 is 2.01. The van der Waals surface area contributed by atoms with Gasteiger partial charge in [-0.15, -0.1) is 11.3 Å². The average molecular weight is 248 g/mol. The summed E-state index contributed by atoms with van der Waals surface area (Å²) in [6, 6.07) is 2.03. The van der Waals surface area contributed by atoms with Gasteiger partial charge in [0.1, 0.15) is 5.82 Å². The van der Waals surface area contributed by atoms with Gasteiger partial charge >= 0.3 is 0 Å². The minimum Gasteiger partial charge on any atom is -0.335 e. The first-order valence-electron chi connectivity index (χ1n) is 5.85. The van der Waals surface area contributed by atoms with Crippen molar-refractivity contribution in [3.8, 4) is 0 Å². The van der Waals surface area contributed by atoms with Gasteiger partial charge in [-0.3, -0.25) is 4.79 Å². The number of carbonyl (C=O) groups excluding carboxylic acids is 1. The Kier molecular flexibility index (Phi) is 3.74. The molecule has 17 heavy (non-hydrogen) atoms. The average Bonchev–Trinajstić information content (AvgIpc) is 2.96. The first kappa shape index (κ1) is 12.0. The van der Waals surface area contributed by atoms with E-state index in [1.165, 1.54) is 11.3 Å². The van der Waals surface area contributed by atoms with E-state index >= 15 is 0 Å². The molecule has 0 aliphatic carbocycles. The van der Waals surface area contributed by atoms with Crippen LogP contribution in [0.25, 0.3) is 0 Å². The molecule has 0 N–H and O–H groups in total. The van der Waals surface area contributed by atoms with Crippen LogP contribution in [0.4, 0.5) is 0 Å². The van der Waals surface area contributed by atoms with Crippen LogP contribution in [0.5, 0.6) is 0 Å². The van der Waals surface area contributed by atoms with Crippen molar-refractivity contribution >= 4 is 17.1 Å². The van der Waals surface area contributed by atoms with Crippen LogP contribution in [0.2, 0.25) is 0 Å². The lowest BCUT2D eigenvalue weighted by atomic mass is 10.1. The summed E-state index contributed by atoms with van der Waals surface area (Å²) in [5.74, 6) is 1.03. The van der Waals surface area contributed by atoms with Crippen LogP contribution in [0.1, 0.15) is 34.9 Å². The zero-order chi connectivity index (χ0) is 12.3. The lowest BCUT2D eigenvalue weighted by molar-refractivity contribution is 0.0993. The molecule has 2 rings (SSSR count). The molecule has 0 unspecified atom stereocenters. The monoisotopic (exact) mass is 248 g/mol. The third-order valence-corrected chi connectivity index (χ3v) is 3.84. The first-order valence-corrected chi connectivity index (χ1v) is 6.73. The van der Waals surface area contributed by atoms with Gasteiger partial charge in [-0.05, 0) is 30.4 Å². The fraction of sp³-hybridized carbons (Fsp3) is 0.385. The molecule has 0 fully saturated rings. The second-order valence-corrected chi connectivity index (χ2v) is 4.77. The molecule has 4 heteroatoms.